The lowest BCUT2D eigenvalue weighted by atomic mass is 9.98. The van der Waals surface area contributed by atoms with Crippen molar-refractivity contribution in [3.63, 3.8) is 0 Å². The van der Waals surface area contributed by atoms with Crippen LogP contribution in [-0.2, 0) is 10.5 Å². The number of anilines is 1. The van der Waals surface area contributed by atoms with Crippen molar-refractivity contribution in [3.8, 4) is 0 Å². The maximum Gasteiger partial charge on any atom is 0.244 e. The zero-order valence-corrected chi connectivity index (χ0v) is 14.0. The summed E-state index contributed by atoms with van der Waals surface area (Å²) in [6, 6.07) is 8.22. The van der Waals surface area contributed by atoms with Gasteiger partial charge in [-0.3, -0.25) is 4.79 Å². The van der Waals surface area contributed by atoms with Crippen molar-refractivity contribution < 1.29 is 4.79 Å². The number of carbonyl (C=O) groups excluding carboxylic acids is 1. The molecule has 3 nitrogen and oxygen atoms in total. The Kier molecular flexibility index (Phi) is 5.09. The van der Waals surface area contributed by atoms with Crippen LogP contribution < -0.4 is 11.1 Å². The maximum atomic E-state index is 12.4. The number of amides is 1. The third kappa shape index (κ3) is 3.85. The molecule has 4 heteroatoms. The number of thioether (sulfide) groups is 1. The summed E-state index contributed by atoms with van der Waals surface area (Å²) in [7, 11) is 0. The van der Waals surface area contributed by atoms with Gasteiger partial charge in [-0.2, -0.15) is 11.8 Å². The molecule has 1 aromatic rings. The van der Waals surface area contributed by atoms with Crippen molar-refractivity contribution in [1.29, 1.82) is 0 Å². The second-order valence-corrected chi connectivity index (χ2v) is 8.02. The van der Waals surface area contributed by atoms with E-state index in [4.69, 9.17) is 5.73 Å². The number of hydrogen-bond acceptors (Lipinski definition) is 3. The third-order valence-corrected chi connectivity index (χ3v) is 6.36. The Hall–Kier alpha value is -1.00. The number of rotatable bonds is 5. The van der Waals surface area contributed by atoms with E-state index in [9.17, 15) is 4.79 Å². The minimum atomic E-state index is -0.658. The molecular formula is C18H26N2OS. The van der Waals surface area contributed by atoms with E-state index in [1.807, 2.05) is 12.1 Å². The molecule has 2 aliphatic rings. The summed E-state index contributed by atoms with van der Waals surface area (Å²) < 4.78 is 0. The fourth-order valence-electron chi connectivity index (χ4n) is 3.50. The molecule has 120 valence electrons. The summed E-state index contributed by atoms with van der Waals surface area (Å²) in [4.78, 5) is 12.4. The second-order valence-electron chi connectivity index (χ2n) is 6.74. The molecule has 3 N–H and O–H groups in total. The van der Waals surface area contributed by atoms with Crippen LogP contribution in [0.2, 0.25) is 0 Å². The first-order valence-corrected chi connectivity index (χ1v) is 9.51. The van der Waals surface area contributed by atoms with E-state index in [1.54, 1.807) is 0 Å². The van der Waals surface area contributed by atoms with Gasteiger partial charge in [0.1, 0.15) is 0 Å². The average molecular weight is 318 g/mol. The van der Waals surface area contributed by atoms with Gasteiger partial charge in [-0.15, -0.1) is 0 Å². The van der Waals surface area contributed by atoms with Crippen LogP contribution >= 0.6 is 11.8 Å². The molecule has 0 spiro atoms. The van der Waals surface area contributed by atoms with Gasteiger partial charge in [-0.05, 0) is 43.4 Å². The van der Waals surface area contributed by atoms with Gasteiger partial charge in [0.2, 0.25) is 5.91 Å². The molecule has 1 aromatic carbocycles. The average Bonchev–Trinajstić information content (AvgIpc) is 3.18. The van der Waals surface area contributed by atoms with E-state index in [1.165, 1.54) is 31.2 Å². The minimum absolute atomic E-state index is 0.0226. The summed E-state index contributed by atoms with van der Waals surface area (Å²) >= 11 is 2.05. The van der Waals surface area contributed by atoms with Crippen LogP contribution in [-0.4, -0.2) is 16.7 Å². The van der Waals surface area contributed by atoms with Crippen LogP contribution in [0.15, 0.2) is 24.3 Å². The zero-order valence-electron chi connectivity index (χ0n) is 13.1. The highest BCUT2D eigenvalue weighted by atomic mass is 32.2. The molecule has 22 heavy (non-hydrogen) atoms. The summed E-state index contributed by atoms with van der Waals surface area (Å²) in [5.74, 6) is 1.01. The SMILES string of the molecule is NC1(C(=O)Nc2cccc(CSC3CCCC3)c2)CCCC1. The molecule has 0 aliphatic heterocycles. The number of nitrogens with two attached hydrogens (primary N) is 1. The Balaban J connectivity index is 1.57. The Bertz CT molecular complexity index is 520. The molecule has 0 bridgehead atoms. The van der Waals surface area contributed by atoms with E-state index < -0.39 is 5.54 Å². The third-order valence-electron chi connectivity index (χ3n) is 4.92. The Morgan fingerprint density at radius 1 is 1.23 bits per heavy atom. The smallest absolute Gasteiger partial charge is 0.244 e. The number of hydrogen-bond donors (Lipinski definition) is 2. The van der Waals surface area contributed by atoms with Gasteiger partial charge in [-0.1, -0.05) is 37.8 Å². The van der Waals surface area contributed by atoms with Crippen LogP contribution in [0, 0.1) is 0 Å². The normalized spacial score (nSPS) is 21.1. The molecule has 0 aromatic heterocycles. The second kappa shape index (κ2) is 7.05. The van der Waals surface area contributed by atoms with E-state index in [2.05, 4.69) is 29.2 Å². The van der Waals surface area contributed by atoms with Crippen molar-refractivity contribution in [3.05, 3.63) is 29.8 Å². The number of nitrogens with one attached hydrogen (secondary N) is 1. The van der Waals surface area contributed by atoms with E-state index in [0.29, 0.717) is 0 Å². The predicted molar refractivity (Wildman–Crippen MR) is 94.0 cm³/mol. The predicted octanol–water partition coefficient (Wildman–Crippen LogP) is 4.07. The van der Waals surface area contributed by atoms with E-state index in [-0.39, 0.29) is 5.91 Å². The summed E-state index contributed by atoms with van der Waals surface area (Å²) in [5, 5.41) is 3.84. The number of benzene rings is 1. The largest absolute Gasteiger partial charge is 0.324 e. The zero-order chi connectivity index (χ0) is 15.4. The van der Waals surface area contributed by atoms with Gasteiger partial charge >= 0.3 is 0 Å². The van der Waals surface area contributed by atoms with Crippen LogP contribution in [0.3, 0.4) is 0 Å². The van der Waals surface area contributed by atoms with Gasteiger partial charge in [0.05, 0.1) is 5.54 Å². The summed E-state index contributed by atoms with van der Waals surface area (Å²) in [6.07, 6.45) is 9.20. The van der Waals surface area contributed by atoms with Crippen molar-refractivity contribution in [1.82, 2.24) is 0 Å². The Morgan fingerprint density at radius 3 is 2.68 bits per heavy atom. The molecular weight excluding hydrogens is 292 g/mol. The highest BCUT2D eigenvalue weighted by Crippen LogP contribution is 2.32. The Morgan fingerprint density at radius 2 is 1.95 bits per heavy atom. The van der Waals surface area contributed by atoms with Crippen molar-refractivity contribution in [2.24, 2.45) is 5.73 Å². The lowest BCUT2D eigenvalue weighted by Crippen LogP contribution is -2.48. The van der Waals surface area contributed by atoms with E-state index in [0.717, 1.165) is 42.4 Å². The van der Waals surface area contributed by atoms with Crippen molar-refractivity contribution >= 4 is 23.4 Å². The van der Waals surface area contributed by atoms with Crippen molar-refractivity contribution in [2.45, 2.75) is 67.9 Å². The lowest BCUT2D eigenvalue weighted by Gasteiger charge is -2.22. The molecule has 0 heterocycles. The molecule has 0 atom stereocenters. The molecule has 2 saturated carbocycles. The molecule has 2 aliphatic carbocycles. The highest BCUT2D eigenvalue weighted by Gasteiger charge is 2.36. The topological polar surface area (TPSA) is 55.1 Å². The summed E-state index contributed by atoms with van der Waals surface area (Å²) in [5.41, 5.74) is 7.72. The maximum absolute atomic E-state index is 12.4. The van der Waals surface area contributed by atoms with Gasteiger partial charge < -0.3 is 11.1 Å². The fourth-order valence-corrected chi connectivity index (χ4v) is 4.77. The minimum Gasteiger partial charge on any atom is -0.324 e. The monoisotopic (exact) mass is 318 g/mol. The molecule has 3 rings (SSSR count). The van der Waals surface area contributed by atoms with Crippen LogP contribution in [0.1, 0.15) is 56.9 Å². The van der Waals surface area contributed by atoms with Gasteiger partial charge in [-0.25, -0.2) is 0 Å². The number of carbonyl (C=O) groups is 1. The first-order valence-electron chi connectivity index (χ1n) is 8.47. The first-order chi connectivity index (χ1) is 10.7. The Labute approximate surface area is 137 Å². The van der Waals surface area contributed by atoms with Gasteiger partial charge in [0.15, 0.2) is 0 Å². The lowest BCUT2D eigenvalue weighted by molar-refractivity contribution is -0.121. The highest BCUT2D eigenvalue weighted by molar-refractivity contribution is 7.99. The van der Waals surface area contributed by atoms with Crippen molar-refractivity contribution in [2.75, 3.05) is 5.32 Å². The fraction of sp³-hybridized carbons (Fsp3) is 0.611. The molecule has 0 unspecified atom stereocenters. The van der Waals surface area contributed by atoms with E-state index >= 15 is 0 Å². The van der Waals surface area contributed by atoms with Crippen LogP contribution in [0.5, 0.6) is 0 Å². The van der Waals surface area contributed by atoms with Gasteiger partial charge in [0, 0.05) is 16.7 Å². The van der Waals surface area contributed by atoms with Crippen LogP contribution in [0.25, 0.3) is 0 Å². The first kappa shape index (κ1) is 15.9. The molecule has 0 radical (unpaired) electrons. The molecule has 2 fully saturated rings. The standard InChI is InChI=1S/C18H26N2OS/c19-18(10-3-4-11-18)17(21)20-15-7-5-6-14(12-15)13-22-16-8-1-2-9-16/h5-7,12,16H,1-4,8-11,13,19H2,(H,20,21). The molecule has 1 amide bonds. The quantitative estimate of drug-likeness (QED) is 0.860. The van der Waals surface area contributed by atoms with Gasteiger partial charge in [0.25, 0.3) is 0 Å². The van der Waals surface area contributed by atoms with Crippen LogP contribution in [0.4, 0.5) is 5.69 Å². The molecule has 0 saturated heterocycles. The summed E-state index contributed by atoms with van der Waals surface area (Å²) in [6.45, 7) is 0.